The van der Waals surface area contributed by atoms with Crippen LogP contribution in [0.15, 0.2) is 41.3 Å². The number of likely N-dealkylation sites (N-methyl/N-ethyl adjacent to an activating group) is 1. The lowest BCUT2D eigenvalue weighted by atomic mass is 10.2. The molecule has 1 fully saturated rings. The summed E-state index contributed by atoms with van der Waals surface area (Å²) in [5.74, 6) is 2.09. The second-order valence-electron chi connectivity index (χ2n) is 7.99. The predicted octanol–water partition coefficient (Wildman–Crippen LogP) is 1.44. The normalized spacial score (nSPS) is 16.1. The molecule has 11 heteroatoms. The first kappa shape index (κ1) is 24.0. The second-order valence-corrected chi connectivity index (χ2v) is 9.92. The van der Waals surface area contributed by atoms with Crippen LogP contribution >= 0.6 is 0 Å². The van der Waals surface area contributed by atoms with Crippen LogP contribution in [0.25, 0.3) is 0 Å². The van der Waals surface area contributed by atoms with Gasteiger partial charge in [0, 0.05) is 51.0 Å². The predicted molar refractivity (Wildman–Crippen MR) is 126 cm³/mol. The van der Waals surface area contributed by atoms with Gasteiger partial charge in [0.2, 0.25) is 15.9 Å². The number of rotatable bonds is 7. The highest BCUT2D eigenvalue weighted by Gasteiger charge is 2.31. The van der Waals surface area contributed by atoms with Crippen LogP contribution in [-0.4, -0.2) is 90.7 Å². The van der Waals surface area contributed by atoms with Gasteiger partial charge < -0.3 is 28.7 Å². The third-order valence-corrected chi connectivity index (χ3v) is 7.82. The van der Waals surface area contributed by atoms with Crippen LogP contribution in [0.4, 0.5) is 5.69 Å². The molecule has 2 aromatic carbocycles. The topological polar surface area (TPSA) is 97.9 Å². The Morgan fingerprint density at radius 2 is 1.62 bits per heavy atom. The monoisotopic (exact) mass is 491 g/mol. The van der Waals surface area contributed by atoms with E-state index in [0.717, 1.165) is 5.69 Å². The molecule has 0 aliphatic carbocycles. The average Bonchev–Trinajstić information content (AvgIpc) is 2.87. The van der Waals surface area contributed by atoms with E-state index in [1.807, 2.05) is 24.1 Å². The summed E-state index contributed by atoms with van der Waals surface area (Å²) in [5, 5.41) is 0. The maximum Gasteiger partial charge on any atom is 0.243 e. The molecule has 0 atom stereocenters. The fourth-order valence-corrected chi connectivity index (χ4v) is 5.41. The standard InChI is InChI=1S/C23H29N3O7S/c1-24(17-4-6-19(30-2)21(14-17)31-3)16-23(27)25-8-10-26(11-9-25)34(28,29)18-5-7-20-22(15-18)33-13-12-32-20/h4-7,14-15H,8-13,16H2,1-3H3. The molecule has 10 nitrogen and oxygen atoms in total. The molecule has 1 amide bonds. The first-order chi connectivity index (χ1) is 16.3. The third kappa shape index (κ3) is 4.85. The number of amides is 1. The maximum atomic E-state index is 13.1. The van der Waals surface area contributed by atoms with Gasteiger partial charge in [-0.3, -0.25) is 4.79 Å². The van der Waals surface area contributed by atoms with Crippen LogP contribution in [0, 0.1) is 0 Å². The van der Waals surface area contributed by atoms with Crippen LogP contribution in [0.5, 0.6) is 23.0 Å². The van der Waals surface area contributed by atoms with Gasteiger partial charge in [0.1, 0.15) is 13.2 Å². The van der Waals surface area contributed by atoms with E-state index in [-0.39, 0.29) is 30.4 Å². The van der Waals surface area contributed by atoms with Crippen molar-refractivity contribution < 1.29 is 32.2 Å². The third-order valence-electron chi connectivity index (χ3n) is 5.92. The molecule has 184 valence electrons. The number of carbonyl (C=O) groups is 1. The van der Waals surface area contributed by atoms with Crippen LogP contribution in [-0.2, 0) is 14.8 Å². The minimum Gasteiger partial charge on any atom is -0.493 e. The lowest BCUT2D eigenvalue weighted by molar-refractivity contribution is -0.130. The molecule has 0 N–H and O–H groups in total. The Morgan fingerprint density at radius 3 is 2.29 bits per heavy atom. The minimum atomic E-state index is -3.70. The number of hydrogen-bond donors (Lipinski definition) is 0. The van der Waals surface area contributed by atoms with E-state index < -0.39 is 10.0 Å². The molecule has 4 rings (SSSR count). The van der Waals surface area contributed by atoms with E-state index in [1.54, 1.807) is 31.3 Å². The molecule has 0 unspecified atom stereocenters. The van der Waals surface area contributed by atoms with Crippen molar-refractivity contribution in [2.24, 2.45) is 0 Å². The number of piperazine rings is 1. The Balaban J connectivity index is 1.36. The van der Waals surface area contributed by atoms with Gasteiger partial charge in [0.25, 0.3) is 0 Å². The highest BCUT2D eigenvalue weighted by atomic mass is 32.2. The van der Waals surface area contributed by atoms with Gasteiger partial charge in [-0.05, 0) is 24.3 Å². The summed E-state index contributed by atoms with van der Waals surface area (Å²) < 4.78 is 49.2. The van der Waals surface area contributed by atoms with Gasteiger partial charge in [0.15, 0.2) is 23.0 Å². The van der Waals surface area contributed by atoms with Gasteiger partial charge in [-0.15, -0.1) is 0 Å². The van der Waals surface area contributed by atoms with Crippen molar-refractivity contribution >= 4 is 21.6 Å². The van der Waals surface area contributed by atoms with Crippen molar-refractivity contribution in [3.63, 3.8) is 0 Å². The molecule has 34 heavy (non-hydrogen) atoms. The van der Waals surface area contributed by atoms with E-state index in [4.69, 9.17) is 18.9 Å². The lowest BCUT2D eigenvalue weighted by Crippen LogP contribution is -2.52. The van der Waals surface area contributed by atoms with Gasteiger partial charge >= 0.3 is 0 Å². The Bertz CT molecular complexity index is 1150. The summed E-state index contributed by atoms with van der Waals surface area (Å²) in [6, 6.07) is 10.1. The zero-order chi connectivity index (χ0) is 24.3. The number of methoxy groups -OCH3 is 2. The fraction of sp³-hybridized carbons (Fsp3) is 0.435. The van der Waals surface area contributed by atoms with Crippen LogP contribution < -0.4 is 23.8 Å². The summed E-state index contributed by atoms with van der Waals surface area (Å²) in [6.45, 7) is 2.08. The number of carbonyl (C=O) groups excluding carboxylic acids is 1. The molecule has 0 radical (unpaired) electrons. The quantitative estimate of drug-likeness (QED) is 0.574. The summed E-state index contributed by atoms with van der Waals surface area (Å²) in [6.07, 6.45) is 0. The molecular formula is C23H29N3O7S. The van der Waals surface area contributed by atoms with Crippen LogP contribution in [0.2, 0.25) is 0 Å². The number of fused-ring (bicyclic) bond motifs is 1. The van der Waals surface area contributed by atoms with E-state index in [1.165, 1.54) is 16.4 Å². The number of anilines is 1. The van der Waals surface area contributed by atoms with Crippen molar-refractivity contribution in [2.75, 3.05) is 72.1 Å². The molecule has 0 spiro atoms. The van der Waals surface area contributed by atoms with Crippen molar-refractivity contribution in [2.45, 2.75) is 4.90 Å². The Labute approximate surface area is 199 Å². The first-order valence-electron chi connectivity index (χ1n) is 10.9. The van der Waals surface area contributed by atoms with Gasteiger partial charge in [-0.2, -0.15) is 4.31 Å². The van der Waals surface area contributed by atoms with Gasteiger partial charge in [0.05, 0.1) is 25.7 Å². The minimum absolute atomic E-state index is 0.0753. The smallest absolute Gasteiger partial charge is 0.243 e. The fourth-order valence-electron chi connectivity index (χ4n) is 3.97. The molecule has 2 heterocycles. The largest absolute Gasteiger partial charge is 0.493 e. The van der Waals surface area contributed by atoms with Crippen molar-refractivity contribution in [1.29, 1.82) is 0 Å². The SMILES string of the molecule is COc1ccc(N(C)CC(=O)N2CCN(S(=O)(=O)c3ccc4c(c3)OCCO4)CC2)cc1OC. The summed E-state index contributed by atoms with van der Waals surface area (Å²) in [7, 11) is 1.25. The number of hydrogen-bond acceptors (Lipinski definition) is 8. The Morgan fingerprint density at radius 1 is 0.941 bits per heavy atom. The molecular weight excluding hydrogens is 462 g/mol. The molecule has 2 aliphatic rings. The van der Waals surface area contributed by atoms with E-state index in [2.05, 4.69) is 0 Å². The number of benzene rings is 2. The average molecular weight is 492 g/mol. The van der Waals surface area contributed by atoms with Crippen molar-refractivity contribution in [1.82, 2.24) is 9.21 Å². The Kier molecular flexibility index (Phi) is 7.03. The maximum absolute atomic E-state index is 13.1. The lowest BCUT2D eigenvalue weighted by Gasteiger charge is -2.35. The van der Waals surface area contributed by atoms with E-state index >= 15 is 0 Å². The van der Waals surface area contributed by atoms with Gasteiger partial charge in [-0.25, -0.2) is 8.42 Å². The van der Waals surface area contributed by atoms with Gasteiger partial charge in [-0.1, -0.05) is 0 Å². The summed E-state index contributed by atoms with van der Waals surface area (Å²) >= 11 is 0. The summed E-state index contributed by atoms with van der Waals surface area (Å²) in [4.78, 5) is 16.5. The first-order valence-corrected chi connectivity index (χ1v) is 12.4. The van der Waals surface area contributed by atoms with Crippen LogP contribution in [0.1, 0.15) is 0 Å². The van der Waals surface area contributed by atoms with Crippen LogP contribution in [0.3, 0.4) is 0 Å². The molecule has 0 saturated carbocycles. The molecule has 1 saturated heterocycles. The molecule has 2 aromatic rings. The number of ether oxygens (including phenoxy) is 4. The van der Waals surface area contributed by atoms with E-state index in [0.29, 0.717) is 49.3 Å². The zero-order valence-electron chi connectivity index (χ0n) is 19.5. The number of sulfonamides is 1. The zero-order valence-corrected chi connectivity index (χ0v) is 20.3. The Hall–Kier alpha value is -3.18. The second kappa shape index (κ2) is 9.98. The highest BCUT2D eigenvalue weighted by Crippen LogP contribution is 2.33. The highest BCUT2D eigenvalue weighted by molar-refractivity contribution is 7.89. The molecule has 0 bridgehead atoms. The molecule has 2 aliphatic heterocycles. The summed E-state index contributed by atoms with van der Waals surface area (Å²) in [5.41, 5.74) is 0.811. The van der Waals surface area contributed by atoms with Crippen molar-refractivity contribution in [3.05, 3.63) is 36.4 Å². The van der Waals surface area contributed by atoms with Crippen molar-refractivity contribution in [3.8, 4) is 23.0 Å². The number of nitrogens with zero attached hydrogens (tertiary/aromatic N) is 3. The molecule has 0 aromatic heterocycles. The van der Waals surface area contributed by atoms with E-state index in [9.17, 15) is 13.2 Å².